The molecule has 0 aliphatic heterocycles. The van der Waals surface area contributed by atoms with Crippen LogP contribution in [0.15, 0.2) is 162 Å². The van der Waals surface area contributed by atoms with Crippen molar-refractivity contribution in [3.63, 3.8) is 0 Å². The number of aromatic nitrogens is 4. The van der Waals surface area contributed by atoms with Gasteiger partial charge in [-0.25, -0.2) is 9.97 Å². The van der Waals surface area contributed by atoms with E-state index in [1.54, 1.807) is 48.8 Å². The summed E-state index contributed by atoms with van der Waals surface area (Å²) >= 11 is 0. The Labute approximate surface area is 349 Å². The Morgan fingerprint density at radius 1 is 0.500 bits per heavy atom. The molecule has 6 N–H and O–H groups in total. The van der Waals surface area contributed by atoms with Crippen molar-refractivity contribution in [3.05, 3.63) is 178 Å². The van der Waals surface area contributed by atoms with Gasteiger partial charge in [-0.3, -0.25) is 19.2 Å². The van der Waals surface area contributed by atoms with Crippen LogP contribution in [0.4, 0.5) is 47.3 Å². The van der Waals surface area contributed by atoms with Gasteiger partial charge in [0.1, 0.15) is 17.7 Å². The molecule has 0 radical (unpaired) electrons. The van der Waals surface area contributed by atoms with Gasteiger partial charge in [0.05, 0.1) is 17.8 Å². The molecule has 9 rings (SSSR count). The van der Waals surface area contributed by atoms with Crippen molar-refractivity contribution >= 4 is 89.6 Å². The number of amides is 2. The first-order chi connectivity index (χ1) is 30.0. The fourth-order valence-electron chi connectivity index (χ4n) is 6.97. The fourth-order valence-corrected chi connectivity index (χ4v) is 6.97. The van der Waals surface area contributed by atoms with E-state index in [0.29, 0.717) is 39.9 Å². The zero-order valence-electron chi connectivity index (χ0n) is 32.5. The second kappa shape index (κ2) is 17.5. The smallest absolute Gasteiger partial charge is 0.355 e. The standard InChI is InChI=1S/C26H20N4O2.C21H15F3N4O2/c31-23(16-17-6-2-1-3-7-17)29-19-12-10-18(11-13-19)28-22-14-15-27-25-24(22)20-8-4-5-9-21(20)26(32)30-25;22-21(23,24)11-17(29)27-13-7-5-12(6-8-13)26-16-9-10-25-19-18(16)14-3-1-2-4-15(14)20(30)28-19/h1-15H,16H2,(H,29,31)(H2,27,28,30,32);1-10H,11H2,(H,27,29)(H2,25,26,28,30). The average molecular weight is 833 g/mol. The second-order valence-corrected chi connectivity index (χ2v) is 14.1. The highest BCUT2D eigenvalue weighted by molar-refractivity contribution is 6.12. The van der Waals surface area contributed by atoms with Crippen LogP contribution in [0, 0.1) is 0 Å². The molecule has 15 heteroatoms. The summed E-state index contributed by atoms with van der Waals surface area (Å²) in [4.78, 5) is 62.5. The number of aromatic amines is 2. The number of carbonyl (C=O) groups excluding carboxylic acids is 2. The van der Waals surface area contributed by atoms with E-state index in [1.165, 1.54) is 12.1 Å². The second-order valence-electron chi connectivity index (χ2n) is 14.1. The lowest BCUT2D eigenvalue weighted by atomic mass is 10.1. The van der Waals surface area contributed by atoms with E-state index in [0.717, 1.165) is 44.2 Å². The molecule has 0 atom stereocenters. The maximum atomic E-state index is 12.4. The van der Waals surface area contributed by atoms with Gasteiger partial charge in [-0.1, -0.05) is 66.7 Å². The van der Waals surface area contributed by atoms with Crippen LogP contribution in [0.1, 0.15) is 12.0 Å². The molecule has 0 bridgehead atoms. The molecule has 0 saturated carbocycles. The molecule has 12 nitrogen and oxygen atoms in total. The molecule has 2 amide bonds. The third-order valence-electron chi connectivity index (χ3n) is 9.71. The summed E-state index contributed by atoms with van der Waals surface area (Å²) in [7, 11) is 0. The largest absolute Gasteiger partial charge is 0.397 e. The van der Waals surface area contributed by atoms with Crippen molar-refractivity contribution in [1.82, 2.24) is 19.9 Å². The van der Waals surface area contributed by atoms with Crippen molar-refractivity contribution < 1.29 is 22.8 Å². The van der Waals surface area contributed by atoms with Crippen LogP contribution in [-0.4, -0.2) is 37.9 Å². The summed E-state index contributed by atoms with van der Waals surface area (Å²) in [5.74, 6) is -1.19. The first kappa shape index (κ1) is 40.4. The van der Waals surface area contributed by atoms with E-state index in [4.69, 9.17) is 0 Å². The van der Waals surface area contributed by atoms with Crippen LogP contribution in [0.2, 0.25) is 0 Å². The molecule has 0 aliphatic carbocycles. The summed E-state index contributed by atoms with van der Waals surface area (Å²) in [6, 6.07) is 41.7. The Kier molecular flexibility index (Phi) is 11.4. The predicted molar refractivity (Wildman–Crippen MR) is 237 cm³/mol. The number of halogens is 3. The van der Waals surface area contributed by atoms with Crippen molar-refractivity contribution in [1.29, 1.82) is 0 Å². The van der Waals surface area contributed by atoms with Gasteiger partial charge < -0.3 is 31.2 Å². The zero-order chi connectivity index (χ0) is 43.2. The maximum absolute atomic E-state index is 12.4. The topological polar surface area (TPSA) is 174 Å². The van der Waals surface area contributed by atoms with E-state index in [9.17, 15) is 32.3 Å². The highest BCUT2D eigenvalue weighted by Gasteiger charge is 2.31. The highest BCUT2D eigenvalue weighted by atomic mass is 19.4. The molecule has 0 aliphatic rings. The van der Waals surface area contributed by atoms with Gasteiger partial charge >= 0.3 is 6.18 Å². The van der Waals surface area contributed by atoms with Gasteiger partial charge in [0.15, 0.2) is 0 Å². The molecule has 4 heterocycles. The third kappa shape index (κ3) is 9.42. The zero-order valence-corrected chi connectivity index (χ0v) is 32.5. The SMILES string of the molecule is O=C(CC(F)(F)F)Nc1ccc(Nc2ccnc3[nH]c(=O)c4ccccc4c23)cc1.O=C(Cc1ccccc1)Nc1ccc(Nc2ccnc3[nH]c(=O)c4ccccc4c23)cc1. The Balaban J connectivity index is 0.000000171. The summed E-state index contributed by atoms with van der Waals surface area (Å²) in [5, 5.41) is 16.1. The first-order valence-electron chi connectivity index (χ1n) is 19.2. The van der Waals surface area contributed by atoms with Crippen LogP contribution in [-0.2, 0) is 16.0 Å². The van der Waals surface area contributed by atoms with Crippen molar-refractivity contribution in [2.45, 2.75) is 19.0 Å². The maximum Gasteiger partial charge on any atom is 0.397 e. The number of pyridine rings is 4. The third-order valence-corrected chi connectivity index (χ3v) is 9.71. The Bertz CT molecular complexity index is 3210. The van der Waals surface area contributed by atoms with E-state index < -0.39 is 18.5 Å². The Morgan fingerprint density at radius 2 is 0.903 bits per heavy atom. The monoisotopic (exact) mass is 832 g/mol. The number of alkyl halides is 3. The lowest BCUT2D eigenvalue weighted by Gasteiger charge is -2.12. The number of rotatable bonds is 9. The molecule has 0 fully saturated rings. The van der Waals surface area contributed by atoms with Crippen LogP contribution in [0.5, 0.6) is 0 Å². The van der Waals surface area contributed by atoms with Crippen molar-refractivity contribution in [2.24, 2.45) is 0 Å². The number of benzene rings is 5. The molecular formula is C47H35F3N8O4. The van der Waals surface area contributed by atoms with E-state index in [2.05, 4.69) is 41.2 Å². The van der Waals surface area contributed by atoms with Gasteiger partial charge in [-0.15, -0.1) is 0 Å². The van der Waals surface area contributed by atoms with Gasteiger partial charge in [0, 0.05) is 67.5 Å². The normalized spacial score (nSPS) is 11.2. The van der Waals surface area contributed by atoms with Crippen LogP contribution in [0.3, 0.4) is 0 Å². The lowest BCUT2D eigenvalue weighted by Crippen LogP contribution is -2.21. The number of carbonyl (C=O) groups is 2. The summed E-state index contributed by atoms with van der Waals surface area (Å²) in [6.07, 6.45) is -2.55. The number of nitrogens with one attached hydrogen (secondary N) is 6. The van der Waals surface area contributed by atoms with E-state index in [-0.39, 0.29) is 22.7 Å². The minimum absolute atomic E-state index is 0.0625. The number of anilines is 6. The van der Waals surface area contributed by atoms with Crippen LogP contribution >= 0.6 is 0 Å². The Morgan fingerprint density at radius 3 is 1.35 bits per heavy atom. The molecular weight excluding hydrogens is 798 g/mol. The highest BCUT2D eigenvalue weighted by Crippen LogP contribution is 2.32. The molecule has 5 aromatic carbocycles. The van der Waals surface area contributed by atoms with E-state index >= 15 is 0 Å². The van der Waals surface area contributed by atoms with Crippen LogP contribution < -0.4 is 32.4 Å². The molecule has 308 valence electrons. The minimum atomic E-state index is -4.56. The predicted octanol–water partition coefficient (Wildman–Crippen LogP) is 9.71. The minimum Gasteiger partial charge on any atom is -0.355 e. The quantitative estimate of drug-likeness (QED) is 0.0780. The number of hydrogen-bond donors (Lipinski definition) is 6. The molecule has 9 aromatic rings. The van der Waals surface area contributed by atoms with E-state index in [1.807, 2.05) is 91.0 Å². The summed E-state index contributed by atoms with van der Waals surface area (Å²) < 4.78 is 36.8. The lowest BCUT2D eigenvalue weighted by molar-refractivity contribution is -0.150. The molecule has 4 aromatic heterocycles. The molecule has 62 heavy (non-hydrogen) atoms. The average Bonchev–Trinajstić information content (AvgIpc) is 3.25. The molecule has 0 unspecified atom stereocenters. The summed E-state index contributed by atoms with van der Waals surface area (Å²) in [5.41, 5.74) is 5.55. The fraction of sp³-hybridized carbons (Fsp3) is 0.0638. The molecule has 0 saturated heterocycles. The first-order valence-corrected chi connectivity index (χ1v) is 19.2. The number of hydrogen-bond acceptors (Lipinski definition) is 8. The summed E-state index contributed by atoms with van der Waals surface area (Å²) in [6.45, 7) is 0. The van der Waals surface area contributed by atoms with Gasteiger partial charge in [0.2, 0.25) is 11.8 Å². The number of fused-ring (bicyclic) bond motifs is 6. The Hall–Kier alpha value is -8.33. The number of H-pyrrole nitrogens is 2. The van der Waals surface area contributed by atoms with Crippen molar-refractivity contribution in [3.8, 4) is 0 Å². The van der Waals surface area contributed by atoms with Gasteiger partial charge in [-0.05, 0) is 78.4 Å². The van der Waals surface area contributed by atoms with Crippen molar-refractivity contribution in [2.75, 3.05) is 21.3 Å². The van der Waals surface area contributed by atoms with Gasteiger partial charge in [-0.2, -0.15) is 13.2 Å². The number of nitrogens with zero attached hydrogens (tertiary/aromatic N) is 2. The van der Waals surface area contributed by atoms with Gasteiger partial charge in [0.25, 0.3) is 11.1 Å². The van der Waals surface area contributed by atoms with Crippen LogP contribution in [0.25, 0.3) is 43.6 Å². The molecule has 0 spiro atoms.